The summed E-state index contributed by atoms with van der Waals surface area (Å²) in [5.41, 5.74) is 3.90. The van der Waals surface area contributed by atoms with Gasteiger partial charge < -0.3 is 4.74 Å². The van der Waals surface area contributed by atoms with E-state index in [-0.39, 0.29) is 6.04 Å². The van der Waals surface area contributed by atoms with Gasteiger partial charge in [-0.3, -0.25) is 11.3 Å². The van der Waals surface area contributed by atoms with Gasteiger partial charge in [-0.2, -0.15) is 0 Å². The number of hydrogen-bond donors (Lipinski definition) is 2. The maximum atomic E-state index is 13.8. The summed E-state index contributed by atoms with van der Waals surface area (Å²) in [6.07, 6.45) is 0.298. The summed E-state index contributed by atoms with van der Waals surface area (Å²) in [7, 11) is 0. The second-order valence-corrected chi connectivity index (χ2v) is 4.63. The van der Waals surface area contributed by atoms with Gasteiger partial charge in [-0.05, 0) is 31.0 Å². The molecular formula is C16H18F2N2O. The van der Waals surface area contributed by atoms with E-state index in [9.17, 15) is 8.78 Å². The van der Waals surface area contributed by atoms with Crippen LogP contribution in [0.15, 0.2) is 42.5 Å². The Morgan fingerprint density at radius 3 is 2.62 bits per heavy atom. The van der Waals surface area contributed by atoms with E-state index in [1.54, 1.807) is 0 Å². The molecule has 5 heteroatoms. The highest BCUT2D eigenvalue weighted by molar-refractivity contribution is 5.37. The van der Waals surface area contributed by atoms with E-state index in [0.29, 0.717) is 24.3 Å². The van der Waals surface area contributed by atoms with Gasteiger partial charge in [0.25, 0.3) is 0 Å². The molecule has 0 saturated heterocycles. The minimum absolute atomic E-state index is 0.298. The van der Waals surface area contributed by atoms with Gasteiger partial charge in [0.05, 0.1) is 12.6 Å². The third-order valence-electron chi connectivity index (χ3n) is 3.23. The first kappa shape index (κ1) is 15.4. The molecule has 1 atom stereocenters. The van der Waals surface area contributed by atoms with Crippen LogP contribution in [0, 0.1) is 11.6 Å². The number of hydrazine groups is 1. The molecule has 2 aromatic carbocycles. The van der Waals surface area contributed by atoms with Crippen molar-refractivity contribution in [3.8, 4) is 5.75 Å². The second-order valence-electron chi connectivity index (χ2n) is 4.63. The van der Waals surface area contributed by atoms with E-state index >= 15 is 0 Å². The van der Waals surface area contributed by atoms with Crippen molar-refractivity contribution in [3.05, 3.63) is 65.2 Å². The molecule has 0 fully saturated rings. The fourth-order valence-corrected chi connectivity index (χ4v) is 2.22. The average Bonchev–Trinajstić information content (AvgIpc) is 2.48. The second kappa shape index (κ2) is 7.15. The molecule has 0 amide bonds. The largest absolute Gasteiger partial charge is 0.494 e. The van der Waals surface area contributed by atoms with E-state index < -0.39 is 11.6 Å². The third-order valence-corrected chi connectivity index (χ3v) is 3.23. The number of para-hydroxylation sites is 1. The number of rotatable bonds is 6. The van der Waals surface area contributed by atoms with Crippen molar-refractivity contribution in [1.82, 2.24) is 5.43 Å². The molecule has 0 aliphatic heterocycles. The van der Waals surface area contributed by atoms with Gasteiger partial charge in [-0.15, -0.1) is 0 Å². The SMILES string of the molecule is CCOc1ccccc1C(Cc1ccc(F)cc1F)NN. The lowest BCUT2D eigenvalue weighted by atomic mass is 9.98. The molecular weight excluding hydrogens is 274 g/mol. The summed E-state index contributed by atoms with van der Waals surface area (Å²) in [4.78, 5) is 0. The molecule has 112 valence electrons. The molecule has 2 aromatic rings. The zero-order chi connectivity index (χ0) is 15.2. The molecule has 2 rings (SSSR count). The number of nitrogens with two attached hydrogens (primary N) is 1. The lowest BCUT2D eigenvalue weighted by molar-refractivity contribution is 0.331. The van der Waals surface area contributed by atoms with Gasteiger partial charge in [-0.1, -0.05) is 24.3 Å². The van der Waals surface area contributed by atoms with Crippen molar-refractivity contribution in [2.24, 2.45) is 5.84 Å². The van der Waals surface area contributed by atoms with Gasteiger partial charge >= 0.3 is 0 Å². The molecule has 3 N–H and O–H groups in total. The fourth-order valence-electron chi connectivity index (χ4n) is 2.22. The standard InChI is InChI=1S/C16H18F2N2O/c1-2-21-16-6-4-3-5-13(16)15(20-19)9-11-7-8-12(17)10-14(11)18/h3-8,10,15,20H,2,9,19H2,1H3. The van der Waals surface area contributed by atoms with Crippen molar-refractivity contribution in [3.63, 3.8) is 0 Å². The molecule has 3 nitrogen and oxygen atoms in total. The van der Waals surface area contributed by atoms with Gasteiger partial charge in [0.15, 0.2) is 0 Å². The summed E-state index contributed by atoms with van der Waals surface area (Å²) >= 11 is 0. The summed E-state index contributed by atoms with van der Waals surface area (Å²) in [5.74, 6) is 5.12. The van der Waals surface area contributed by atoms with Crippen LogP contribution >= 0.6 is 0 Å². The molecule has 1 unspecified atom stereocenters. The van der Waals surface area contributed by atoms with E-state index in [1.165, 1.54) is 12.1 Å². The molecule has 0 bridgehead atoms. The Hall–Kier alpha value is -1.98. The Morgan fingerprint density at radius 1 is 1.19 bits per heavy atom. The van der Waals surface area contributed by atoms with Crippen LogP contribution in [0.3, 0.4) is 0 Å². The number of hydrogen-bond acceptors (Lipinski definition) is 3. The van der Waals surface area contributed by atoms with Crippen molar-refractivity contribution in [1.29, 1.82) is 0 Å². The molecule has 0 aliphatic rings. The van der Waals surface area contributed by atoms with Gasteiger partial charge in [0, 0.05) is 11.6 Å². The monoisotopic (exact) mass is 292 g/mol. The molecule has 21 heavy (non-hydrogen) atoms. The van der Waals surface area contributed by atoms with E-state index in [0.717, 1.165) is 11.6 Å². The molecule has 0 heterocycles. The zero-order valence-electron chi connectivity index (χ0n) is 11.8. The predicted octanol–water partition coefficient (Wildman–Crippen LogP) is 3.11. The lowest BCUT2D eigenvalue weighted by Gasteiger charge is -2.20. The third kappa shape index (κ3) is 3.77. The number of ether oxygens (including phenoxy) is 1. The summed E-state index contributed by atoms with van der Waals surface area (Å²) in [6.45, 7) is 2.42. The molecule has 0 radical (unpaired) electrons. The van der Waals surface area contributed by atoms with E-state index in [1.807, 2.05) is 31.2 Å². The maximum absolute atomic E-state index is 13.8. The van der Waals surface area contributed by atoms with Gasteiger partial charge in [-0.25, -0.2) is 8.78 Å². The van der Waals surface area contributed by atoms with Crippen LogP contribution in [0.25, 0.3) is 0 Å². The van der Waals surface area contributed by atoms with Crippen LogP contribution in [0.2, 0.25) is 0 Å². The first-order chi connectivity index (χ1) is 10.2. The predicted molar refractivity (Wildman–Crippen MR) is 77.7 cm³/mol. The quantitative estimate of drug-likeness (QED) is 0.635. The van der Waals surface area contributed by atoms with Crippen molar-refractivity contribution in [2.75, 3.05) is 6.61 Å². The Kier molecular flexibility index (Phi) is 5.25. The number of nitrogens with one attached hydrogen (secondary N) is 1. The maximum Gasteiger partial charge on any atom is 0.129 e. The van der Waals surface area contributed by atoms with Crippen LogP contribution in [-0.4, -0.2) is 6.61 Å². The van der Waals surface area contributed by atoms with Crippen molar-refractivity contribution < 1.29 is 13.5 Å². The summed E-state index contributed by atoms with van der Waals surface area (Å²) < 4.78 is 32.3. The normalized spacial score (nSPS) is 12.2. The fraction of sp³-hybridized carbons (Fsp3) is 0.250. The van der Waals surface area contributed by atoms with Gasteiger partial charge in [0.1, 0.15) is 17.4 Å². The Balaban J connectivity index is 2.27. The Bertz CT molecular complexity index is 605. The number of benzene rings is 2. The van der Waals surface area contributed by atoms with Gasteiger partial charge in [0.2, 0.25) is 0 Å². The average molecular weight is 292 g/mol. The van der Waals surface area contributed by atoms with Crippen LogP contribution in [-0.2, 0) is 6.42 Å². The molecule has 0 spiro atoms. The summed E-state index contributed by atoms with van der Waals surface area (Å²) in [6, 6.07) is 10.6. The highest BCUT2D eigenvalue weighted by Crippen LogP contribution is 2.28. The van der Waals surface area contributed by atoms with Crippen LogP contribution in [0.5, 0.6) is 5.75 Å². The first-order valence-electron chi connectivity index (χ1n) is 6.77. The van der Waals surface area contributed by atoms with Crippen LogP contribution in [0.4, 0.5) is 8.78 Å². The molecule has 0 saturated carbocycles. The van der Waals surface area contributed by atoms with Crippen molar-refractivity contribution in [2.45, 2.75) is 19.4 Å². The lowest BCUT2D eigenvalue weighted by Crippen LogP contribution is -2.30. The van der Waals surface area contributed by atoms with E-state index in [4.69, 9.17) is 10.6 Å². The first-order valence-corrected chi connectivity index (χ1v) is 6.77. The zero-order valence-corrected chi connectivity index (χ0v) is 11.8. The van der Waals surface area contributed by atoms with Crippen molar-refractivity contribution >= 4 is 0 Å². The minimum atomic E-state index is -0.594. The summed E-state index contributed by atoms with van der Waals surface area (Å²) in [5, 5.41) is 0. The highest BCUT2D eigenvalue weighted by atomic mass is 19.1. The minimum Gasteiger partial charge on any atom is -0.494 e. The smallest absolute Gasteiger partial charge is 0.129 e. The number of halogens is 2. The van der Waals surface area contributed by atoms with Crippen LogP contribution in [0.1, 0.15) is 24.1 Å². The van der Waals surface area contributed by atoms with E-state index in [2.05, 4.69) is 5.43 Å². The topological polar surface area (TPSA) is 47.3 Å². The molecule has 0 aromatic heterocycles. The molecule has 0 aliphatic carbocycles. The van der Waals surface area contributed by atoms with Crippen LogP contribution < -0.4 is 16.0 Å². The Labute approximate surface area is 122 Å². The Morgan fingerprint density at radius 2 is 1.95 bits per heavy atom. The highest BCUT2D eigenvalue weighted by Gasteiger charge is 2.17.